The Morgan fingerprint density at radius 1 is 1.00 bits per heavy atom. The summed E-state index contributed by atoms with van der Waals surface area (Å²) < 4.78 is 5.04. The molecule has 1 amide bonds. The Hall–Kier alpha value is -3.31. The van der Waals surface area contributed by atoms with Gasteiger partial charge in [0.05, 0.1) is 13.2 Å². The van der Waals surface area contributed by atoms with Crippen LogP contribution in [0.1, 0.15) is 22.7 Å². The summed E-state index contributed by atoms with van der Waals surface area (Å²) in [5.74, 6) is -1.11. The Morgan fingerprint density at radius 2 is 1.60 bits per heavy atom. The van der Waals surface area contributed by atoms with Crippen LogP contribution < -0.4 is 0 Å². The normalized spacial score (nSPS) is 13.3. The fourth-order valence-corrected chi connectivity index (χ4v) is 4.35. The molecule has 0 fully saturated rings. The van der Waals surface area contributed by atoms with Gasteiger partial charge in [-0.3, -0.25) is 4.90 Å². The van der Waals surface area contributed by atoms with Crippen molar-refractivity contribution in [3.05, 3.63) is 94.5 Å². The van der Waals surface area contributed by atoms with Crippen molar-refractivity contribution in [2.75, 3.05) is 7.11 Å². The van der Waals surface area contributed by atoms with Crippen molar-refractivity contribution in [1.82, 2.24) is 4.90 Å². The molecule has 0 aliphatic heterocycles. The van der Waals surface area contributed by atoms with E-state index in [2.05, 4.69) is 0 Å². The molecule has 1 aliphatic rings. The molecule has 0 heterocycles. The van der Waals surface area contributed by atoms with Gasteiger partial charge < -0.3 is 9.84 Å². The Morgan fingerprint density at radius 3 is 2.13 bits per heavy atom. The van der Waals surface area contributed by atoms with Gasteiger partial charge >= 0.3 is 12.1 Å². The molecule has 1 N–H and O–H groups in total. The molecule has 0 saturated heterocycles. The maximum atomic E-state index is 12.9. The number of aliphatic carboxylic acids is 1. The van der Waals surface area contributed by atoms with Crippen LogP contribution in [0.3, 0.4) is 0 Å². The highest BCUT2D eigenvalue weighted by Crippen LogP contribution is 2.47. The molecule has 1 atom stereocenters. The first kappa shape index (κ1) is 20.0. The van der Waals surface area contributed by atoms with Crippen LogP contribution in [-0.2, 0) is 16.0 Å². The third-order valence-electron chi connectivity index (χ3n) is 5.40. The summed E-state index contributed by atoms with van der Waals surface area (Å²) >= 11 is 6.09. The van der Waals surface area contributed by atoms with Crippen molar-refractivity contribution >= 4 is 23.7 Å². The first-order valence-corrected chi connectivity index (χ1v) is 9.91. The monoisotopic (exact) mass is 421 g/mol. The number of benzene rings is 3. The minimum atomic E-state index is -1.14. The van der Waals surface area contributed by atoms with Crippen LogP contribution >= 0.6 is 11.6 Å². The molecule has 0 bridgehead atoms. The topological polar surface area (TPSA) is 66.8 Å². The molecule has 4 rings (SSSR count). The molecular weight excluding hydrogens is 402 g/mol. The van der Waals surface area contributed by atoms with E-state index in [9.17, 15) is 14.7 Å². The number of carboxylic acids is 1. The second-order valence-electron chi connectivity index (χ2n) is 7.14. The minimum absolute atomic E-state index is 0.103. The molecule has 0 radical (unpaired) electrons. The summed E-state index contributed by atoms with van der Waals surface area (Å²) in [5.41, 5.74) is 4.45. The number of hydrogen-bond acceptors (Lipinski definition) is 3. The molecule has 6 heteroatoms. The number of fused-ring (bicyclic) bond motifs is 3. The molecule has 5 nitrogen and oxygen atoms in total. The number of rotatable bonds is 5. The van der Waals surface area contributed by atoms with Crippen molar-refractivity contribution in [2.45, 2.75) is 18.5 Å². The van der Waals surface area contributed by atoms with Crippen molar-refractivity contribution in [3.8, 4) is 11.1 Å². The van der Waals surface area contributed by atoms with Crippen LogP contribution in [0, 0.1) is 0 Å². The van der Waals surface area contributed by atoms with Crippen molar-refractivity contribution < 1.29 is 19.4 Å². The average molecular weight is 422 g/mol. The highest BCUT2D eigenvalue weighted by Gasteiger charge is 2.42. The predicted molar refractivity (Wildman–Crippen MR) is 115 cm³/mol. The summed E-state index contributed by atoms with van der Waals surface area (Å²) in [6, 6.07) is 20.8. The maximum absolute atomic E-state index is 12.9. The number of methoxy groups -OCH3 is 1. The van der Waals surface area contributed by atoms with Crippen LogP contribution in [0.15, 0.2) is 72.8 Å². The maximum Gasteiger partial charge on any atom is 0.411 e. The van der Waals surface area contributed by atoms with Crippen LogP contribution in [0.2, 0.25) is 5.02 Å². The van der Waals surface area contributed by atoms with Gasteiger partial charge in [0.15, 0.2) is 0 Å². The second kappa shape index (κ2) is 8.20. The lowest BCUT2D eigenvalue weighted by atomic mass is 9.98. The van der Waals surface area contributed by atoms with Crippen LogP contribution in [0.25, 0.3) is 11.1 Å². The molecular formula is C24H20ClNO4. The van der Waals surface area contributed by atoms with Gasteiger partial charge in [-0.2, -0.15) is 0 Å². The predicted octanol–water partition coefficient (Wildman–Crippen LogP) is 5.17. The number of halogens is 1. The van der Waals surface area contributed by atoms with E-state index in [0.717, 1.165) is 27.8 Å². The number of carbonyl (C=O) groups is 2. The molecule has 3 aromatic rings. The van der Waals surface area contributed by atoms with Crippen LogP contribution in [0.4, 0.5) is 4.79 Å². The first-order valence-electron chi connectivity index (χ1n) is 9.53. The second-order valence-corrected chi connectivity index (χ2v) is 7.58. The average Bonchev–Trinajstić information content (AvgIpc) is 3.08. The van der Waals surface area contributed by atoms with E-state index in [1.54, 1.807) is 24.3 Å². The molecule has 0 aromatic heterocycles. The van der Waals surface area contributed by atoms with Gasteiger partial charge in [-0.15, -0.1) is 0 Å². The quantitative estimate of drug-likeness (QED) is 0.616. The third-order valence-corrected chi connectivity index (χ3v) is 5.64. The fourth-order valence-electron chi connectivity index (χ4n) is 4.14. The van der Waals surface area contributed by atoms with Crippen molar-refractivity contribution in [3.63, 3.8) is 0 Å². The van der Waals surface area contributed by atoms with Gasteiger partial charge in [-0.1, -0.05) is 72.3 Å². The fraction of sp³-hybridized carbons (Fsp3) is 0.167. The van der Waals surface area contributed by atoms with E-state index in [1.165, 1.54) is 12.0 Å². The van der Waals surface area contributed by atoms with E-state index in [1.807, 2.05) is 48.5 Å². The van der Waals surface area contributed by atoms with Crippen LogP contribution in [-0.4, -0.2) is 35.2 Å². The Kier molecular flexibility index (Phi) is 5.46. The molecule has 152 valence electrons. The number of carbonyl (C=O) groups excluding carboxylic acids is 1. The molecule has 3 aromatic carbocycles. The van der Waals surface area contributed by atoms with E-state index in [0.29, 0.717) is 5.02 Å². The lowest BCUT2D eigenvalue weighted by Gasteiger charge is -2.34. The minimum Gasteiger partial charge on any atom is -0.480 e. The van der Waals surface area contributed by atoms with Crippen molar-refractivity contribution in [2.24, 2.45) is 0 Å². The highest BCUT2D eigenvalue weighted by molar-refractivity contribution is 6.30. The number of hydrogen-bond donors (Lipinski definition) is 1. The number of ether oxygens (including phenoxy) is 1. The van der Waals surface area contributed by atoms with Gasteiger partial charge in [0.2, 0.25) is 0 Å². The SMILES string of the molecule is COC(=O)N(C(Cc1cccc(Cl)c1)C(=O)O)C1c2ccccc2-c2ccccc21. The first-order chi connectivity index (χ1) is 14.5. The summed E-state index contributed by atoms with van der Waals surface area (Å²) in [4.78, 5) is 26.6. The van der Waals surface area contributed by atoms with Gasteiger partial charge in [0, 0.05) is 11.4 Å². The Labute approximate surface area is 179 Å². The molecule has 0 spiro atoms. The molecule has 30 heavy (non-hydrogen) atoms. The lowest BCUT2D eigenvalue weighted by Crippen LogP contribution is -2.48. The lowest BCUT2D eigenvalue weighted by molar-refractivity contribution is -0.143. The molecule has 1 aliphatic carbocycles. The standard InChI is InChI=1S/C24H20ClNO4/c1-30-24(29)26(21(23(27)28)14-15-7-6-8-16(25)13-15)22-19-11-4-2-9-17(19)18-10-3-5-12-20(18)22/h2-13,21-22H,14H2,1H3,(H,27,28). The van der Waals surface area contributed by atoms with Gasteiger partial charge in [0.25, 0.3) is 0 Å². The Balaban J connectivity index is 1.84. The summed E-state index contributed by atoms with van der Waals surface area (Å²) in [6.07, 6.45) is -0.591. The van der Waals surface area contributed by atoms with Crippen LogP contribution in [0.5, 0.6) is 0 Å². The van der Waals surface area contributed by atoms with Gasteiger partial charge in [0.1, 0.15) is 6.04 Å². The van der Waals surface area contributed by atoms with Crippen molar-refractivity contribution in [1.29, 1.82) is 0 Å². The van der Waals surface area contributed by atoms with E-state index in [-0.39, 0.29) is 6.42 Å². The van der Waals surface area contributed by atoms with Gasteiger partial charge in [-0.05, 0) is 39.9 Å². The summed E-state index contributed by atoms with van der Waals surface area (Å²) in [6.45, 7) is 0. The van der Waals surface area contributed by atoms with Gasteiger partial charge in [-0.25, -0.2) is 9.59 Å². The Bertz CT molecular complexity index is 1070. The highest BCUT2D eigenvalue weighted by atomic mass is 35.5. The zero-order valence-electron chi connectivity index (χ0n) is 16.3. The zero-order valence-corrected chi connectivity index (χ0v) is 17.0. The third kappa shape index (κ3) is 3.53. The number of carboxylic acid groups (broad SMARTS) is 1. The zero-order chi connectivity index (χ0) is 21.3. The molecule has 1 unspecified atom stereocenters. The van der Waals surface area contributed by atoms with E-state index < -0.39 is 24.1 Å². The molecule has 0 saturated carbocycles. The summed E-state index contributed by atoms with van der Waals surface area (Å²) in [7, 11) is 1.26. The smallest absolute Gasteiger partial charge is 0.411 e. The summed E-state index contributed by atoms with van der Waals surface area (Å²) in [5, 5.41) is 10.6. The van der Waals surface area contributed by atoms with E-state index >= 15 is 0 Å². The number of amides is 1. The largest absolute Gasteiger partial charge is 0.480 e. The number of nitrogens with zero attached hydrogens (tertiary/aromatic N) is 1. The van der Waals surface area contributed by atoms with E-state index in [4.69, 9.17) is 16.3 Å².